The molecule has 0 bridgehead atoms. The number of fused-ring (bicyclic) bond motifs is 1. The number of aromatic amines is 1. The Balaban J connectivity index is 1.67. The van der Waals surface area contributed by atoms with Gasteiger partial charge in [-0.05, 0) is 68.3 Å². The van der Waals surface area contributed by atoms with E-state index in [0.29, 0.717) is 22.3 Å². The van der Waals surface area contributed by atoms with E-state index in [0.717, 1.165) is 5.56 Å². The average Bonchev–Trinajstić information content (AvgIpc) is 3.41. The van der Waals surface area contributed by atoms with Crippen molar-refractivity contribution in [1.29, 1.82) is 0 Å². The molecule has 10 heteroatoms. The summed E-state index contributed by atoms with van der Waals surface area (Å²) in [6.07, 6.45) is -0.0485. The highest BCUT2D eigenvalue weighted by Gasteiger charge is 2.48. The molecule has 0 aliphatic carbocycles. The maximum atomic E-state index is 13.4. The second-order valence-electron chi connectivity index (χ2n) is 9.29. The Kier molecular flexibility index (Phi) is 6.15. The maximum absolute atomic E-state index is 13.4. The number of aliphatic hydroxyl groups excluding tert-OH is 1. The number of nitrogens with one attached hydrogen (secondary N) is 1. The van der Waals surface area contributed by atoms with Crippen molar-refractivity contribution in [2.45, 2.75) is 32.9 Å². The fourth-order valence-electron chi connectivity index (χ4n) is 4.49. The first-order valence-electron chi connectivity index (χ1n) is 11.9. The number of rotatable bonds is 6. The van der Waals surface area contributed by atoms with Crippen LogP contribution < -0.4 is 9.64 Å². The lowest BCUT2D eigenvalue weighted by atomic mass is 9.95. The van der Waals surface area contributed by atoms with Crippen LogP contribution in [0.5, 0.6) is 5.75 Å². The predicted molar refractivity (Wildman–Crippen MR) is 141 cm³/mol. The summed E-state index contributed by atoms with van der Waals surface area (Å²) in [5.74, 6) is -1.44. The molecule has 0 spiro atoms. The van der Waals surface area contributed by atoms with Crippen molar-refractivity contribution in [2.24, 2.45) is 0 Å². The van der Waals surface area contributed by atoms with Crippen LogP contribution in [-0.4, -0.2) is 37.8 Å². The van der Waals surface area contributed by atoms with Crippen molar-refractivity contribution < 1.29 is 24.4 Å². The zero-order chi connectivity index (χ0) is 27.1. The number of amides is 1. The van der Waals surface area contributed by atoms with Crippen molar-refractivity contribution in [2.75, 3.05) is 4.90 Å². The highest BCUT2D eigenvalue weighted by molar-refractivity contribution is 6.51. The number of aromatic nitrogens is 2. The number of imidazole rings is 1. The van der Waals surface area contributed by atoms with E-state index < -0.39 is 28.4 Å². The molecular weight excluding hydrogens is 488 g/mol. The Labute approximate surface area is 217 Å². The van der Waals surface area contributed by atoms with E-state index >= 15 is 0 Å². The monoisotopic (exact) mass is 512 g/mol. The first-order valence-corrected chi connectivity index (χ1v) is 11.9. The molecule has 1 fully saturated rings. The van der Waals surface area contributed by atoms with Gasteiger partial charge in [-0.25, -0.2) is 4.98 Å². The molecule has 3 aromatic carbocycles. The number of aryl methyl sites for hydroxylation is 1. The predicted octanol–water partition coefficient (Wildman–Crippen LogP) is 5.19. The molecule has 1 aliphatic rings. The topological polar surface area (TPSA) is 139 Å². The van der Waals surface area contributed by atoms with Crippen LogP contribution in [0.3, 0.4) is 0 Å². The normalized spacial score (nSPS) is 16.9. The third-order valence-electron chi connectivity index (χ3n) is 6.22. The zero-order valence-electron chi connectivity index (χ0n) is 20.8. The molecule has 2 N–H and O–H groups in total. The number of nitro groups is 1. The van der Waals surface area contributed by atoms with Crippen LogP contribution in [0.4, 0.5) is 11.6 Å². The Morgan fingerprint density at radius 3 is 2.39 bits per heavy atom. The van der Waals surface area contributed by atoms with Gasteiger partial charge in [0.2, 0.25) is 5.95 Å². The van der Waals surface area contributed by atoms with Gasteiger partial charge in [0.05, 0.1) is 33.7 Å². The second kappa shape index (κ2) is 9.47. The number of benzene rings is 3. The lowest BCUT2D eigenvalue weighted by Crippen LogP contribution is -2.30. The summed E-state index contributed by atoms with van der Waals surface area (Å²) in [5, 5.41) is 22.3. The summed E-state index contributed by atoms with van der Waals surface area (Å²) in [6, 6.07) is 16.6. The van der Waals surface area contributed by atoms with Crippen LogP contribution in [0, 0.1) is 17.0 Å². The first kappa shape index (κ1) is 24.7. The number of hydrogen-bond acceptors (Lipinski definition) is 7. The Morgan fingerprint density at radius 1 is 1.08 bits per heavy atom. The lowest BCUT2D eigenvalue weighted by molar-refractivity contribution is -0.384. The van der Waals surface area contributed by atoms with Gasteiger partial charge in [0.15, 0.2) is 0 Å². The molecule has 2 heterocycles. The number of anilines is 1. The summed E-state index contributed by atoms with van der Waals surface area (Å²) in [5.41, 5.74) is 2.68. The number of ether oxygens (including phenoxy) is 1. The highest BCUT2D eigenvalue weighted by atomic mass is 16.6. The number of hydrogen-bond donors (Lipinski definition) is 2. The third-order valence-corrected chi connectivity index (χ3v) is 6.22. The Bertz CT molecular complexity index is 1600. The number of carbonyl (C=O) groups excluding carboxylic acids is 2. The van der Waals surface area contributed by atoms with Gasteiger partial charge in [-0.1, -0.05) is 18.2 Å². The minimum Gasteiger partial charge on any atom is -0.507 e. The second-order valence-corrected chi connectivity index (χ2v) is 9.29. The van der Waals surface area contributed by atoms with Crippen molar-refractivity contribution >= 4 is 40.1 Å². The molecule has 1 saturated heterocycles. The highest BCUT2D eigenvalue weighted by Crippen LogP contribution is 2.42. The minimum absolute atomic E-state index is 0.0485. The van der Waals surface area contributed by atoms with Gasteiger partial charge in [-0.2, -0.15) is 0 Å². The van der Waals surface area contributed by atoms with Gasteiger partial charge in [0.25, 0.3) is 11.5 Å². The molecule has 4 aromatic rings. The molecule has 38 heavy (non-hydrogen) atoms. The van der Waals surface area contributed by atoms with Crippen molar-refractivity contribution in [3.05, 3.63) is 99.1 Å². The van der Waals surface area contributed by atoms with Gasteiger partial charge in [0, 0.05) is 17.7 Å². The van der Waals surface area contributed by atoms with E-state index in [1.54, 1.807) is 24.3 Å². The van der Waals surface area contributed by atoms with Gasteiger partial charge in [-0.3, -0.25) is 24.6 Å². The smallest absolute Gasteiger partial charge is 0.302 e. The average molecular weight is 513 g/mol. The van der Waals surface area contributed by atoms with E-state index in [1.807, 2.05) is 39.0 Å². The zero-order valence-corrected chi connectivity index (χ0v) is 20.8. The van der Waals surface area contributed by atoms with E-state index in [2.05, 4.69) is 9.97 Å². The number of nitrogens with zero attached hydrogens (tertiary/aromatic N) is 3. The lowest BCUT2D eigenvalue weighted by Gasteiger charge is -2.23. The Morgan fingerprint density at radius 2 is 1.76 bits per heavy atom. The largest absolute Gasteiger partial charge is 0.507 e. The molecule has 5 rings (SSSR count). The van der Waals surface area contributed by atoms with Crippen LogP contribution in [0.2, 0.25) is 0 Å². The molecule has 1 aromatic heterocycles. The molecule has 0 radical (unpaired) electrons. The van der Waals surface area contributed by atoms with Gasteiger partial charge >= 0.3 is 5.91 Å². The van der Waals surface area contributed by atoms with E-state index in [9.17, 15) is 24.8 Å². The molecule has 10 nitrogen and oxygen atoms in total. The molecular formula is C28H24N4O6. The summed E-state index contributed by atoms with van der Waals surface area (Å²) in [4.78, 5) is 46.2. The summed E-state index contributed by atoms with van der Waals surface area (Å²) >= 11 is 0. The number of ketones is 1. The van der Waals surface area contributed by atoms with Crippen molar-refractivity contribution in [3.8, 4) is 5.75 Å². The third kappa shape index (κ3) is 4.36. The van der Waals surface area contributed by atoms with Crippen LogP contribution in [0.25, 0.3) is 16.8 Å². The van der Waals surface area contributed by atoms with E-state index in [-0.39, 0.29) is 28.9 Å². The maximum Gasteiger partial charge on any atom is 0.302 e. The van der Waals surface area contributed by atoms with Crippen molar-refractivity contribution in [3.63, 3.8) is 0 Å². The summed E-state index contributed by atoms with van der Waals surface area (Å²) in [7, 11) is 0. The number of nitro benzene ring substituents is 1. The minimum atomic E-state index is -1.01. The SMILES string of the molecule is Cc1ccc2nc(N3C(=O)C(=O)/C(=C(/O)c4ccc([N+](=O)[O-])cc4)C3c3ccc(OC(C)C)cc3)[nH]c2c1. The quantitative estimate of drug-likeness (QED) is 0.119. The number of non-ortho nitro benzene ring substituents is 1. The van der Waals surface area contributed by atoms with Crippen molar-refractivity contribution in [1.82, 2.24) is 9.97 Å². The molecule has 1 amide bonds. The van der Waals surface area contributed by atoms with E-state index in [4.69, 9.17) is 4.74 Å². The number of carbonyl (C=O) groups is 2. The van der Waals surface area contributed by atoms with Gasteiger partial charge < -0.3 is 14.8 Å². The fourth-order valence-corrected chi connectivity index (χ4v) is 4.49. The summed E-state index contributed by atoms with van der Waals surface area (Å²) < 4.78 is 5.73. The standard InChI is InChI=1S/C28H24N4O6/c1-15(2)38-20-11-7-17(8-12-20)24-23(25(33)18-5-9-19(10-6-18)32(36)37)26(34)27(35)31(24)28-29-21-13-4-16(3)14-22(21)30-28/h4-15,24,33H,1-3H3,(H,29,30)/b25-23+. The number of Topliss-reactive ketones (excluding diaryl/α,β-unsaturated/α-hetero) is 1. The molecule has 1 aliphatic heterocycles. The fraction of sp³-hybridized carbons (Fsp3) is 0.179. The number of aliphatic hydroxyl groups is 1. The van der Waals surface area contributed by atoms with Crippen LogP contribution in [-0.2, 0) is 9.59 Å². The van der Waals surface area contributed by atoms with Gasteiger partial charge in [0.1, 0.15) is 11.5 Å². The van der Waals surface area contributed by atoms with Crippen LogP contribution >= 0.6 is 0 Å². The van der Waals surface area contributed by atoms with Crippen LogP contribution in [0.1, 0.15) is 36.6 Å². The molecule has 192 valence electrons. The molecule has 1 atom stereocenters. The summed E-state index contributed by atoms with van der Waals surface area (Å²) in [6.45, 7) is 5.73. The first-order chi connectivity index (χ1) is 18.1. The van der Waals surface area contributed by atoms with E-state index in [1.165, 1.54) is 29.2 Å². The Hall–Kier alpha value is -4.99. The molecule has 0 saturated carbocycles. The van der Waals surface area contributed by atoms with Gasteiger partial charge in [-0.15, -0.1) is 0 Å². The molecule has 1 unspecified atom stereocenters. The number of H-pyrrole nitrogens is 1. The van der Waals surface area contributed by atoms with Crippen LogP contribution in [0.15, 0.2) is 72.3 Å².